The van der Waals surface area contributed by atoms with Crippen LogP contribution in [-0.2, 0) is 4.79 Å². The van der Waals surface area contributed by atoms with Crippen molar-refractivity contribution in [2.24, 2.45) is 5.92 Å². The van der Waals surface area contributed by atoms with Gasteiger partial charge in [0.05, 0.1) is 12.3 Å². The first-order valence-electron chi connectivity index (χ1n) is 8.44. The van der Waals surface area contributed by atoms with Gasteiger partial charge in [-0.05, 0) is 18.4 Å². The third-order valence-corrected chi connectivity index (χ3v) is 5.10. The van der Waals surface area contributed by atoms with Gasteiger partial charge in [0.2, 0.25) is 11.6 Å². The number of carbonyl (C=O) groups excluding carboxylic acids is 1. The standard InChI is InChI=1S/C18H23N5O/c1-5-12-10-23(16(24)6-2)11-15(12)22(4)17-13-7-8-20-18(13)21-9-14(17)19-3/h7-9,12,15H,5-6,10-11H2,1-2,4H3,(H,20,21)/t12-,15?/m1/s1. The molecular formula is C18H23N5O. The molecule has 24 heavy (non-hydrogen) atoms. The third kappa shape index (κ3) is 2.60. The number of anilines is 1. The quantitative estimate of drug-likeness (QED) is 0.878. The number of hydrogen-bond donors (Lipinski definition) is 1. The molecular weight excluding hydrogens is 302 g/mol. The van der Waals surface area contributed by atoms with E-state index in [9.17, 15) is 4.79 Å². The number of nitrogens with zero attached hydrogens (tertiary/aromatic N) is 4. The van der Waals surface area contributed by atoms with E-state index in [4.69, 9.17) is 6.57 Å². The molecule has 1 fully saturated rings. The average molecular weight is 325 g/mol. The monoisotopic (exact) mass is 325 g/mol. The van der Waals surface area contributed by atoms with Crippen molar-refractivity contribution in [3.63, 3.8) is 0 Å². The van der Waals surface area contributed by atoms with Crippen molar-refractivity contribution < 1.29 is 4.79 Å². The average Bonchev–Trinajstić information content (AvgIpc) is 3.25. The van der Waals surface area contributed by atoms with E-state index in [-0.39, 0.29) is 11.9 Å². The van der Waals surface area contributed by atoms with Crippen LogP contribution in [-0.4, -0.2) is 47.0 Å². The molecule has 1 aliphatic heterocycles. The summed E-state index contributed by atoms with van der Waals surface area (Å²) in [5, 5.41) is 0.959. The number of rotatable bonds is 4. The summed E-state index contributed by atoms with van der Waals surface area (Å²) in [4.78, 5) is 27.4. The zero-order chi connectivity index (χ0) is 17.3. The first-order valence-corrected chi connectivity index (χ1v) is 8.44. The molecule has 0 bridgehead atoms. The first-order chi connectivity index (χ1) is 11.6. The van der Waals surface area contributed by atoms with E-state index in [0.717, 1.165) is 29.7 Å². The lowest BCUT2D eigenvalue weighted by Crippen LogP contribution is -2.39. The van der Waals surface area contributed by atoms with Crippen LogP contribution >= 0.6 is 0 Å². The summed E-state index contributed by atoms with van der Waals surface area (Å²) in [7, 11) is 2.03. The van der Waals surface area contributed by atoms with Gasteiger partial charge >= 0.3 is 0 Å². The van der Waals surface area contributed by atoms with Crippen LogP contribution in [0.15, 0.2) is 18.5 Å². The van der Waals surface area contributed by atoms with E-state index < -0.39 is 0 Å². The number of likely N-dealkylation sites (tertiary alicyclic amines) is 1. The van der Waals surface area contributed by atoms with Crippen LogP contribution in [0.5, 0.6) is 0 Å². The summed E-state index contributed by atoms with van der Waals surface area (Å²) in [6.45, 7) is 13.1. The normalized spacial score (nSPS) is 20.3. The Morgan fingerprint density at radius 1 is 1.50 bits per heavy atom. The van der Waals surface area contributed by atoms with Gasteiger partial charge in [-0.25, -0.2) is 4.85 Å². The number of hydrogen-bond acceptors (Lipinski definition) is 3. The molecule has 0 spiro atoms. The molecule has 2 aromatic heterocycles. The number of amides is 1. The highest BCUT2D eigenvalue weighted by molar-refractivity contribution is 5.97. The van der Waals surface area contributed by atoms with E-state index in [1.54, 1.807) is 6.20 Å². The maximum atomic E-state index is 12.1. The summed E-state index contributed by atoms with van der Waals surface area (Å²) in [5.41, 5.74) is 2.25. The van der Waals surface area contributed by atoms with Gasteiger partial charge in [-0.3, -0.25) is 9.78 Å². The maximum Gasteiger partial charge on any atom is 0.228 e. The highest BCUT2D eigenvalue weighted by Gasteiger charge is 2.37. The minimum atomic E-state index is 0.205. The van der Waals surface area contributed by atoms with E-state index in [0.29, 0.717) is 24.6 Å². The molecule has 1 N–H and O–H groups in total. The van der Waals surface area contributed by atoms with E-state index >= 15 is 0 Å². The Bertz CT molecular complexity index is 790. The molecule has 0 radical (unpaired) electrons. The Hall–Kier alpha value is -2.55. The van der Waals surface area contributed by atoms with E-state index in [2.05, 4.69) is 26.6 Å². The maximum absolute atomic E-state index is 12.1. The lowest BCUT2D eigenvalue weighted by atomic mass is 9.99. The van der Waals surface area contributed by atoms with Gasteiger partial charge in [-0.15, -0.1) is 0 Å². The van der Waals surface area contributed by atoms with Crippen molar-refractivity contribution in [1.82, 2.24) is 14.9 Å². The predicted molar refractivity (Wildman–Crippen MR) is 95.2 cm³/mol. The summed E-state index contributed by atoms with van der Waals surface area (Å²) in [6, 6.07) is 2.18. The van der Waals surface area contributed by atoms with Crippen molar-refractivity contribution in [3.8, 4) is 0 Å². The van der Waals surface area contributed by atoms with Crippen molar-refractivity contribution in [1.29, 1.82) is 0 Å². The van der Waals surface area contributed by atoms with E-state index in [1.807, 2.05) is 31.1 Å². The third-order valence-electron chi connectivity index (χ3n) is 5.10. The van der Waals surface area contributed by atoms with Gasteiger partial charge in [0.25, 0.3) is 0 Å². The first kappa shape index (κ1) is 16.3. The van der Waals surface area contributed by atoms with Gasteiger partial charge in [0.1, 0.15) is 5.65 Å². The topological polar surface area (TPSA) is 56.6 Å². The molecule has 1 saturated heterocycles. The van der Waals surface area contributed by atoms with Crippen LogP contribution in [0, 0.1) is 12.5 Å². The molecule has 0 aromatic carbocycles. The zero-order valence-electron chi connectivity index (χ0n) is 14.4. The van der Waals surface area contributed by atoms with Crippen molar-refractivity contribution in [3.05, 3.63) is 29.9 Å². The minimum absolute atomic E-state index is 0.205. The predicted octanol–water partition coefficient (Wildman–Crippen LogP) is 3.20. The Morgan fingerprint density at radius 2 is 2.29 bits per heavy atom. The lowest BCUT2D eigenvalue weighted by Gasteiger charge is -2.31. The van der Waals surface area contributed by atoms with Gasteiger partial charge < -0.3 is 14.8 Å². The molecule has 6 nitrogen and oxygen atoms in total. The van der Waals surface area contributed by atoms with Gasteiger partial charge in [0.15, 0.2) is 0 Å². The van der Waals surface area contributed by atoms with Crippen LogP contribution in [0.25, 0.3) is 15.9 Å². The second-order valence-electron chi connectivity index (χ2n) is 6.34. The van der Waals surface area contributed by atoms with Crippen molar-refractivity contribution >= 4 is 28.3 Å². The Kier molecular flexibility index (Phi) is 4.43. The van der Waals surface area contributed by atoms with Gasteiger partial charge in [-0.1, -0.05) is 13.8 Å². The van der Waals surface area contributed by atoms with Gasteiger partial charge in [0, 0.05) is 50.4 Å². The van der Waals surface area contributed by atoms with Gasteiger partial charge in [-0.2, -0.15) is 0 Å². The van der Waals surface area contributed by atoms with Crippen molar-refractivity contribution in [2.75, 3.05) is 25.0 Å². The second kappa shape index (κ2) is 6.52. The lowest BCUT2D eigenvalue weighted by molar-refractivity contribution is -0.129. The summed E-state index contributed by atoms with van der Waals surface area (Å²) < 4.78 is 0. The minimum Gasteiger partial charge on any atom is -0.378 e. The summed E-state index contributed by atoms with van der Waals surface area (Å²) in [5.74, 6) is 0.613. The fraction of sp³-hybridized carbons (Fsp3) is 0.500. The van der Waals surface area contributed by atoms with Crippen LogP contribution in [0.1, 0.15) is 26.7 Å². The molecule has 3 rings (SSSR count). The molecule has 1 aliphatic rings. The Labute approximate surface area is 142 Å². The molecule has 3 heterocycles. The number of fused-ring (bicyclic) bond motifs is 1. The molecule has 1 unspecified atom stereocenters. The summed E-state index contributed by atoms with van der Waals surface area (Å²) >= 11 is 0. The van der Waals surface area contributed by atoms with Crippen molar-refractivity contribution in [2.45, 2.75) is 32.7 Å². The number of H-pyrrole nitrogens is 1. The Balaban J connectivity index is 1.99. The largest absolute Gasteiger partial charge is 0.378 e. The van der Waals surface area contributed by atoms with Crippen LogP contribution in [0.4, 0.5) is 11.4 Å². The van der Waals surface area contributed by atoms with E-state index in [1.165, 1.54) is 0 Å². The molecule has 2 aromatic rings. The number of nitrogens with one attached hydrogen (secondary N) is 1. The molecule has 0 aliphatic carbocycles. The highest BCUT2D eigenvalue weighted by Crippen LogP contribution is 2.38. The van der Waals surface area contributed by atoms with Crippen LogP contribution < -0.4 is 4.90 Å². The highest BCUT2D eigenvalue weighted by atomic mass is 16.2. The molecule has 6 heteroatoms. The fourth-order valence-electron chi connectivity index (χ4n) is 3.72. The number of aromatic nitrogens is 2. The van der Waals surface area contributed by atoms with Crippen LogP contribution in [0.2, 0.25) is 0 Å². The van der Waals surface area contributed by atoms with Crippen LogP contribution in [0.3, 0.4) is 0 Å². The molecule has 2 atom stereocenters. The summed E-state index contributed by atoms with van der Waals surface area (Å²) in [6.07, 6.45) is 5.03. The zero-order valence-corrected chi connectivity index (χ0v) is 14.4. The second-order valence-corrected chi connectivity index (χ2v) is 6.34. The number of likely N-dealkylation sites (N-methyl/N-ethyl adjacent to an activating group) is 1. The number of carbonyl (C=O) groups is 1. The number of aromatic amines is 1. The smallest absolute Gasteiger partial charge is 0.228 e. The SMILES string of the molecule is [C-]#[N+]c1cnc2[nH]ccc2c1N(C)C1CN(C(=O)CC)C[C@H]1CC. The fourth-order valence-corrected chi connectivity index (χ4v) is 3.72. The molecule has 0 saturated carbocycles. The molecule has 126 valence electrons. The Morgan fingerprint density at radius 3 is 2.96 bits per heavy atom. The number of pyridine rings is 1. The molecule has 1 amide bonds.